The number of nitrogens with two attached hydrogens (primary N) is 1. The molecule has 4 heteroatoms. The number of carbonyl (C=O) groups is 1. The summed E-state index contributed by atoms with van der Waals surface area (Å²) in [6.07, 6.45) is 0.227. The number of carbonyl (C=O) groups excluding carboxylic acids is 1. The highest BCUT2D eigenvalue weighted by molar-refractivity contribution is 5.73. The van der Waals surface area contributed by atoms with E-state index in [9.17, 15) is 4.79 Å². The van der Waals surface area contributed by atoms with Crippen molar-refractivity contribution in [3.63, 3.8) is 0 Å². The zero-order valence-corrected chi connectivity index (χ0v) is 12.1. The van der Waals surface area contributed by atoms with Gasteiger partial charge in [0.05, 0.1) is 13.0 Å². The fraction of sp³-hybridized carbons (Fsp3) is 0.235. The summed E-state index contributed by atoms with van der Waals surface area (Å²) in [5.41, 5.74) is 7.32. The molecule has 0 radical (unpaired) electrons. The normalized spacial score (nSPS) is 11.7. The van der Waals surface area contributed by atoms with Crippen LogP contribution >= 0.6 is 0 Å². The van der Waals surface area contributed by atoms with Gasteiger partial charge in [-0.25, -0.2) is 0 Å². The molecule has 1 unspecified atom stereocenters. The number of rotatable bonds is 7. The Balaban J connectivity index is 1.89. The first-order valence-electron chi connectivity index (χ1n) is 6.98. The number of amides is 1. The molecule has 0 bridgehead atoms. The third kappa shape index (κ3) is 4.84. The molecule has 4 nitrogen and oxygen atoms in total. The first-order chi connectivity index (χ1) is 10.1. The molecular formula is C17H20N2O2. The van der Waals surface area contributed by atoms with Crippen LogP contribution in [-0.4, -0.2) is 12.5 Å². The van der Waals surface area contributed by atoms with Gasteiger partial charge in [0, 0.05) is 11.7 Å². The van der Waals surface area contributed by atoms with Gasteiger partial charge in [-0.1, -0.05) is 30.3 Å². The van der Waals surface area contributed by atoms with Gasteiger partial charge in [0.2, 0.25) is 5.91 Å². The molecule has 3 N–H and O–H groups in total. The maximum atomic E-state index is 10.6. The second-order valence-electron chi connectivity index (χ2n) is 4.87. The summed E-state index contributed by atoms with van der Waals surface area (Å²) in [7, 11) is 0. The number of nitrogens with one attached hydrogen (secondary N) is 1. The summed E-state index contributed by atoms with van der Waals surface area (Å²) >= 11 is 0. The monoisotopic (exact) mass is 284 g/mol. The SMILES string of the molecule is CC(Nc1ccc(OCCC(N)=O)cc1)c1ccccc1. The van der Waals surface area contributed by atoms with Crippen LogP contribution in [0.1, 0.15) is 24.9 Å². The molecule has 110 valence electrons. The summed E-state index contributed by atoms with van der Waals surface area (Å²) in [5, 5.41) is 3.43. The van der Waals surface area contributed by atoms with Crippen LogP contribution in [0.4, 0.5) is 5.69 Å². The van der Waals surface area contributed by atoms with Crippen molar-refractivity contribution in [2.24, 2.45) is 5.73 Å². The van der Waals surface area contributed by atoms with Crippen molar-refractivity contribution in [3.8, 4) is 5.75 Å². The molecule has 2 aromatic carbocycles. The van der Waals surface area contributed by atoms with E-state index in [0.717, 1.165) is 11.4 Å². The zero-order chi connectivity index (χ0) is 15.1. The number of hydrogen-bond donors (Lipinski definition) is 2. The summed E-state index contributed by atoms with van der Waals surface area (Å²) in [5.74, 6) is 0.374. The standard InChI is InChI=1S/C17H20N2O2/c1-13(14-5-3-2-4-6-14)19-15-7-9-16(10-8-15)21-12-11-17(18)20/h2-10,13,19H,11-12H2,1H3,(H2,18,20). The topological polar surface area (TPSA) is 64.3 Å². The van der Waals surface area contributed by atoms with Crippen molar-refractivity contribution in [3.05, 3.63) is 60.2 Å². The number of hydrogen-bond acceptors (Lipinski definition) is 3. The fourth-order valence-corrected chi connectivity index (χ4v) is 1.99. The average Bonchev–Trinajstić information content (AvgIpc) is 2.49. The molecule has 0 aliphatic carbocycles. The molecule has 2 aromatic rings. The van der Waals surface area contributed by atoms with E-state index >= 15 is 0 Å². The Morgan fingerprint density at radius 3 is 2.43 bits per heavy atom. The Bertz CT molecular complexity index is 567. The van der Waals surface area contributed by atoms with Gasteiger partial charge >= 0.3 is 0 Å². The molecule has 0 aromatic heterocycles. The third-order valence-corrected chi connectivity index (χ3v) is 3.15. The lowest BCUT2D eigenvalue weighted by Gasteiger charge is -2.16. The second-order valence-corrected chi connectivity index (χ2v) is 4.87. The minimum absolute atomic E-state index is 0.227. The molecule has 0 aliphatic rings. The van der Waals surface area contributed by atoms with Crippen LogP contribution in [-0.2, 0) is 4.79 Å². The Labute approximate surface area is 124 Å². The van der Waals surface area contributed by atoms with Crippen molar-refractivity contribution in [1.82, 2.24) is 0 Å². The highest BCUT2D eigenvalue weighted by Crippen LogP contribution is 2.21. The van der Waals surface area contributed by atoms with E-state index in [1.165, 1.54) is 5.56 Å². The number of ether oxygens (including phenoxy) is 1. The van der Waals surface area contributed by atoms with E-state index in [1.54, 1.807) is 0 Å². The van der Waals surface area contributed by atoms with Crippen LogP contribution in [0.5, 0.6) is 5.75 Å². The van der Waals surface area contributed by atoms with Crippen LogP contribution in [0.2, 0.25) is 0 Å². The summed E-state index contributed by atoms with van der Waals surface area (Å²) in [6.45, 7) is 2.43. The molecule has 0 saturated carbocycles. The Hall–Kier alpha value is -2.49. The molecule has 0 heterocycles. The average molecular weight is 284 g/mol. The highest BCUT2D eigenvalue weighted by atomic mass is 16.5. The van der Waals surface area contributed by atoms with Gasteiger partial charge in [-0.05, 0) is 36.8 Å². The predicted molar refractivity (Wildman–Crippen MR) is 84.2 cm³/mol. The lowest BCUT2D eigenvalue weighted by molar-refractivity contribution is -0.118. The number of primary amides is 1. The van der Waals surface area contributed by atoms with Crippen LogP contribution in [0, 0.1) is 0 Å². The van der Waals surface area contributed by atoms with Gasteiger partial charge < -0.3 is 15.8 Å². The minimum atomic E-state index is -0.357. The van der Waals surface area contributed by atoms with E-state index in [1.807, 2.05) is 42.5 Å². The van der Waals surface area contributed by atoms with E-state index in [0.29, 0.717) is 6.61 Å². The van der Waals surface area contributed by atoms with Crippen molar-refractivity contribution in [2.75, 3.05) is 11.9 Å². The molecular weight excluding hydrogens is 264 g/mol. The first-order valence-corrected chi connectivity index (χ1v) is 6.98. The molecule has 0 fully saturated rings. The quantitative estimate of drug-likeness (QED) is 0.821. The van der Waals surface area contributed by atoms with Crippen molar-refractivity contribution in [1.29, 1.82) is 0 Å². The highest BCUT2D eigenvalue weighted by Gasteiger charge is 2.04. The molecule has 21 heavy (non-hydrogen) atoms. The first kappa shape index (κ1) is 14.9. The lowest BCUT2D eigenvalue weighted by atomic mass is 10.1. The van der Waals surface area contributed by atoms with E-state index < -0.39 is 0 Å². The molecule has 2 rings (SSSR count). The fourth-order valence-electron chi connectivity index (χ4n) is 1.99. The Morgan fingerprint density at radius 1 is 1.14 bits per heavy atom. The van der Waals surface area contributed by atoms with E-state index in [4.69, 9.17) is 10.5 Å². The second kappa shape index (κ2) is 7.33. The van der Waals surface area contributed by atoms with Crippen LogP contribution in [0.15, 0.2) is 54.6 Å². The lowest BCUT2D eigenvalue weighted by Crippen LogP contribution is -2.14. The molecule has 0 saturated heterocycles. The molecule has 0 spiro atoms. The van der Waals surface area contributed by atoms with Gasteiger partial charge in [0.1, 0.15) is 5.75 Å². The molecule has 1 atom stereocenters. The largest absolute Gasteiger partial charge is 0.493 e. The molecule has 0 aliphatic heterocycles. The van der Waals surface area contributed by atoms with Crippen LogP contribution in [0.3, 0.4) is 0 Å². The number of anilines is 1. The van der Waals surface area contributed by atoms with Crippen molar-refractivity contribution >= 4 is 11.6 Å². The van der Waals surface area contributed by atoms with E-state index in [-0.39, 0.29) is 18.4 Å². The predicted octanol–water partition coefficient (Wildman–Crippen LogP) is 3.11. The van der Waals surface area contributed by atoms with Crippen LogP contribution in [0.25, 0.3) is 0 Å². The van der Waals surface area contributed by atoms with Crippen LogP contribution < -0.4 is 15.8 Å². The zero-order valence-electron chi connectivity index (χ0n) is 12.1. The van der Waals surface area contributed by atoms with Crippen molar-refractivity contribution < 1.29 is 9.53 Å². The van der Waals surface area contributed by atoms with Gasteiger partial charge in [0.15, 0.2) is 0 Å². The third-order valence-electron chi connectivity index (χ3n) is 3.15. The summed E-state index contributed by atoms with van der Waals surface area (Å²) in [6, 6.07) is 18.2. The van der Waals surface area contributed by atoms with Crippen molar-refractivity contribution in [2.45, 2.75) is 19.4 Å². The van der Waals surface area contributed by atoms with Gasteiger partial charge in [-0.15, -0.1) is 0 Å². The van der Waals surface area contributed by atoms with Gasteiger partial charge in [-0.2, -0.15) is 0 Å². The van der Waals surface area contributed by atoms with Gasteiger partial charge in [0.25, 0.3) is 0 Å². The minimum Gasteiger partial charge on any atom is -0.493 e. The van der Waals surface area contributed by atoms with Gasteiger partial charge in [-0.3, -0.25) is 4.79 Å². The maximum Gasteiger partial charge on any atom is 0.220 e. The smallest absolute Gasteiger partial charge is 0.220 e. The van der Waals surface area contributed by atoms with E-state index in [2.05, 4.69) is 24.4 Å². The molecule has 1 amide bonds. The maximum absolute atomic E-state index is 10.6. The summed E-state index contributed by atoms with van der Waals surface area (Å²) in [4.78, 5) is 10.6. The Kier molecular flexibility index (Phi) is 5.21. The number of benzene rings is 2. The Morgan fingerprint density at radius 2 is 1.81 bits per heavy atom. The summed E-state index contributed by atoms with van der Waals surface area (Å²) < 4.78 is 5.43.